The van der Waals surface area contributed by atoms with Crippen molar-refractivity contribution in [3.8, 4) is 5.75 Å². The quantitative estimate of drug-likeness (QED) is 0.880. The van der Waals surface area contributed by atoms with E-state index in [2.05, 4.69) is 21.2 Å². The van der Waals surface area contributed by atoms with E-state index in [9.17, 15) is 9.59 Å². The molecule has 0 aliphatic heterocycles. The lowest BCUT2D eigenvalue weighted by Gasteiger charge is -2.09. The van der Waals surface area contributed by atoms with Crippen molar-refractivity contribution in [1.29, 1.82) is 0 Å². The fourth-order valence-electron chi connectivity index (χ4n) is 1.59. The summed E-state index contributed by atoms with van der Waals surface area (Å²) >= 11 is 4.60. The molecule has 1 heterocycles. The molecule has 7 heteroatoms. The van der Waals surface area contributed by atoms with Gasteiger partial charge >= 0.3 is 5.97 Å². The zero-order chi connectivity index (χ0) is 14.7. The molecule has 0 aliphatic rings. The van der Waals surface area contributed by atoms with E-state index in [1.165, 1.54) is 36.6 Å². The number of carbonyl (C=O) groups is 2. The first-order chi connectivity index (χ1) is 9.52. The van der Waals surface area contributed by atoms with Gasteiger partial charge in [0, 0.05) is 16.2 Å². The number of halogens is 1. The lowest BCUT2D eigenvalue weighted by Crippen LogP contribution is -2.11. The first kappa shape index (κ1) is 14.5. The average Bonchev–Trinajstić information content (AvgIpc) is 2.84. The van der Waals surface area contributed by atoms with Crippen LogP contribution in [0.15, 0.2) is 34.1 Å². The van der Waals surface area contributed by atoms with Crippen molar-refractivity contribution in [2.45, 2.75) is 0 Å². The highest BCUT2D eigenvalue weighted by Crippen LogP contribution is 2.26. The minimum Gasteiger partial charge on any atom is -0.496 e. The first-order valence-corrected chi connectivity index (χ1v) is 7.16. The number of amides is 1. The molecule has 0 saturated carbocycles. The van der Waals surface area contributed by atoms with Gasteiger partial charge in [-0.2, -0.15) is 0 Å². The minimum absolute atomic E-state index is 0.0443. The molecule has 0 atom stereocenters. The van der Waals surface area contributed by atoms with Crippen LogP contribution in [0.25, 0.3) is 0 Å². The maximum Gasteiger partial charge on any atom is 0.339 e. The van der Waals surface area contributed by atoms with Crippen molar-refractivity contribution in [2.24, 2.45) is 0 Å². The summed E-state index contributed by atoms with van der Waals surface area (Å²) in [5.74, 6) is -1.15. The average molecular weight is 356 g/mol. The summed E-state index contributed by atoms with van der Waals surface area (Å²) in [5, 5.41) is 13.5. The van der Waals surface area contributed by atoms with Crippen LogP contribution in [0.3, 0.4) is 0 Å². The molecule has 1 amide bonds. The monoisotopic (exact) mass is 355 g/mol. The second-order valence-electron chi connectivity index (χ2n) is 3.77. The summed E-state index contributed by atoms with van der Waals surface area (Å²) in [6.45, 7) is 0. The van der Waals surface area contributed by atoms with Crippen molar-refractivity contribution >= 4 is 44.8 Å². The zero-order valence-electron chi connectivity index (χ0n) is 10.3. The molecule has 20 heavy (non-hydrogen) atoms. The van der Waals surface area contributed by atoms with Gasteiger partial charge in [0.1, 0.15) is 16.2 Å². The number of nitrogens with one attached hydrogen (secondary N) is 1. The third-order valence-electron chi connectivity index (χ3n) is 2.51. The fraction of sp³-hybridized carbons (Fsp3) is 0.0769. The molecular formula is C13H10BrNO4S. The number of carboxylic acid groups (broad SMARTS) is 1. The van der Waals surface area contributed by atoms with Crippen LogP contribution in [0.4, 0.5) is 5.69 Å². The van der Waals surface area contributed by atoms with Gasteiger partial charge < -0.3 is 15.2 Å². The largest absolute Gasteiger partial charge is 0.496 e. The molecule has 0 bridgehead atoms. The number of hydrogen-bond acceptors (Lipinski definition) is 4. The normalized spacial score (nSPS) is 10.1. The SMILES string of the molecule is COc1cc(NC(=O)c2sccc2Br)ccc1C(=O)O. The molecule has 1 aromatic carbocycles. The van der Waals surface area contributed by atoms with E-state index in [0.717, 1.165) is 0 Å². The van der Waals surface area contributed by atoms with Crippen molar-refractivity contribution < 1.29 is 19.4 Å². The van der Waals surface area contributed by atoms with Gasteiger partial charge in [-0.15, -0.1) is 11.3 Å². The molecule has 2 aromatic rings. The summed E-state index contributed by atoms with van der Waals surface area (Å²) in [6.07, 6.45) is 0. The summed E-state index contributed by atoms with van der Waals surface area (Å²) in [7, 11) is 1.38. The number of hydrogen-bond donors (Lipinski definition) is 2. The number of rotatable bonds is 4. The minimum atomic E-state index is -1.08. The number of thiophene rings is 1. The van der Waals surface area contributed by atoms with E-state index in [0.29, 0.717) is 15.0 Å². The molecule has 0 unspecified atom stereocenters. The smallest absolute Gasteiger partial charge is 0.339 e. The molecule has 5 nitrogen and oxygen atoms in total. The molecule has 0 fully saturated rings. The molecule has 1 aromatic heterocycles. The Bertz CT molecular complexity index is 668. The van der Waals surface area contributed by atoms with Crippen molar-refractivity contribution in [2.75, 3.05) is 12.4 Å². The highest BCUT2D eigenvalue weighted by Gasteiger charge is 2.15. The maximum atomic E-state index is 12.0. The third-order valence-corrected chi connectivity index (χ3v) is 4.35. The van der Waals surface area contributed by atoms with Gasteiger partial charge in [0.15, 0.2) is 0 Å². The van der Waals surface area contributed by atoms with Crippen LogP contribution in [-0.4, -0.2) is 24.1 Å². The Morgan fingerprint density at radius 1 is 1.35 bits per heavy atom. The van der Waals surface area contributed by atoms with Crippen LogP contribution in [0.5, 0.6) is 5.75 Å². The van der Waals surface area contributed by atoms with Crippen molar-refractivity contribution in [3.63, 3.8) is 0 Å². The molecule has 0 spiro atoms. The van der Waals surface area contributed by atoms with Crippen LogP contribution in [0.2, 0.25) is 0 Å². The van der Waals surface area contributed by atoms with E-state index in [-0.39, 0.29) is 17.2 Å². The predicted octanol–water partition coefficient (Wildman–Crippen LogP) is 3.47. The van der Waals surface area contributed by atoms with E-state index in [1.807, 2.05) is 0 Å². The van der Waals surface area contributed by atoms with Crippen LogP contribution in [0, 0.1) is 0 Å². The van der Waals surface area contributed by atoms with Gasteiger partial charge in [-0.1, -0.05) is 0 Å². The first-order valence-electron chi connectivity index (χ1n) is 5.48. The molecule has 104 valence electrons. The summed E-state index contributed by atoms with van der Waals surface area (Å²) < 4.78 is 5.72. The predicted molar refractivity (Wildman–Crippen MR) is 79.9 cm³/mol. The van der Waals surface area contributed by atoms with Gasteiger partial charge in [-0.3, -0.25) is 4.79 Å². The topological polar surface area (TPSA) is 75.6 Å². The Morgan fingerprint density at radius 3 is 2.65 bits per heavy atom. The highest BCUT2D eigenvalue weighted by molar-refractivity contribution is 9.10. The summed E-state index contributed by atoms with van der Waals surface area (Å²) in [4.78, 5) is 23.5. The molecule has 0 radical (unpaired) electrons. The van der Waals surface area contributed by atoms with Gasteiger partial charge in [0.05, 0.1) is 7.11 Å². The van der Waals surface area contributed by atoms with E-state index >= 15 is 0 Å². The Kier molecular flexibility index (Phi) is 4.41. The summed E-state index contributed by atoms with van der Waals surface area (Å²) in [5.41, 5.74) is 0.514. The molecule has 2 N–H and O–H groups in total. The Balaban J connectivity index is 2.24. The Hall–Kier alpha value is -1.86. The number of anilines is 1. The van der Waals surface area contributed by atoms with E-state index in [1.54, 1.807) is 11.4 Å². The number of carboxylic acids is 1. The lowest BCUT2D eigenvalue weighted by molar-refractivity contribution is 0.0693. The highest BCUT2D eigenvalue weighted by atomic mass is 79.9. The summed E-state index contributed by atoms with van der Waals surface area (Å²) in [6, 6.07) is 6.17. The molecule has 0 aliphatic carbocycles. The zero-order valence-corrected chi connectivity index (χ0v) is 12.7. The van der Waals surface area contributed by atoms with Gasteiger partial charge in [-0.05, 0) is 39.5 Å². The van der Waals surface area contributed by atoms with Gasteiger partial charge in [-0.25, -0.2) is 4.79 Å². The van der Waals surface area contributed by atoms with E-state index < -0.39 is 5.97 Å². The van der Waals surface area contributed by atoms with Crippen LogP contribution in [0.1, 0.15) is 20.0 Å². The Labute approximate surface area is 127 Å². The molecular weight excluding hydrogens is 346 g/mol. The van der Waals surface area contributed by atoms with E-state index in [4.69, 9.17) is 9.84 Å². The number of ether oxygens (including phenoxy) is 1. The number of aromatic carboxylic acids is 1. The van der Waals surface area contributed by atoms with Crippen LogP contribution in [-0.2, 0) is 0 Å². The maximum absolute atomic E-state index is 12.0. The van der Waals surface area contributed by atoms with Crippen molar-refractivity contribution in [1.82, 2.24) is 0 Å². The van der Waals surface area contributed by atoms with Crippen molar-refractivity contribution in [3.05, 3.63) is 44.6 Å². The number of carbonyl (C=O) groups excluding carboxylic acids is 1. The van der Waals surface area contributed by atoms with Gasteiger partial charge in [0.2, 0.25) is 0 Å². The standard InChI is InChI=1S/C13H10BrNO4S/c1-19-10-6-7(2-3-8(10)13(17)18)15-12(16)11-9(14)4-5-20-11/h2-6H,1H3,(H,15,16)(H,17,18). The van der Waals surface area contributed by atoms with Crippen LogP contribution < -0.4 is 10.1 Å². The molecule has 0 saturated heterocycles. The second kappa shape index (κ2) is 6.06. The lowest BCUT2D eigenvalue weighted by atomic mass is 10.2. The fourth-order valence-corrected chi connectivity index (χ4v) is 3.04. The number of methoxy groups -OCH3 is 1. The third kappa shape index (κ3) is 3.00. The van der Waals surface area contributed by atoms with Gasteiger partial charge in [0.25, 0.3) is 5.91 Å². The Morgan fingerprint density at radius 2 is 2.10 bits per heavy atom. The number of benzene rings is 1. The second-order valence-corrected chi connectivity index (χ2v) is 5.54. The van der Waals surface area contributed by atoms with Crippen LogP contribution >= 0.6 is 27.3 Å². The molecule has 2 rings (SSSR count).